The van der Waals surface area contributed by atoms with Crippen molar-refractivity contribution < 1.29 is 4.74 Å². The second-order valence-electron chi connectivity index (χ2n) is 4.26. The third-order valence-corrected chi connectivity index (χ3v) is 3.13. The topological polar surface area (TPSA) is 35.2 Å². The molecule has 1 saturated carbocycles. The highest BCUT2D eigenvalue weighted by molar-refractivity contribution is 4.84. The van der Waals surface area contributed by atoms with Crippen molar-refractivity contribution in [3.63, 3.8) is 0 Å². The second kappa shape index (κ2) is 4.24. The first-order chi connectivity index (χ1) is 5.65. The first kappa shape index (κ1) is 10.0. The average Bonchev–Trinajstić information content (AvgIpc) is 2.05. The Morgan fingerprint density at radius 1 is 1.33 bits per heavy atom. The highest BCUT2D eigenvalue weighted by Crippen LogP contribution is 2.30. The predicted octanol–water partition coefficient (Wildman–Crippen LogP) is 1.78. The van der Waals surface area contributed by atoms with Gasteiger partial charge in [0, 0.05) is 13.2 Å². The zero-order valence-corrected chi connectivity index (χ0v) is 8.42. The van der Waals surface area contributed by atoms with Crippen LogP contribution in [0.5, 0.6) is 0 Å². The molecule has 72 valence electrons. The van der Waals surface area contributed by atoms with Crippen LogP contribution < -0.4 is 5.73 Å². The van der Waals surface area contributed by atoms with Crippen LogP contribution in [0, 0.1) is 11.8 Å². The van der Waals surface area contributed by atoms with E-state index in [4.69, 9.17) is 10.5 Å². The Kier molecular flexibility index (Phi) is 3.53. The van der Waals surface area contributed by atoms with E-state index in [2.05, 4.69) is 13.8 Å². The molecule has 12 heavy (non-hydrogen) atoms. The standard InChI is InChI=1S/C10H21NO/c1-7(2)8-4-5-9(11)10(6-8)12-3/h7-10H,4-6,11H2,1-3H3. The number of hydrogen-bond donors (Lipinski definition) is 1. The maximum Gasteiger partial charge on any atom is 0.0724 e. The molecule has 1 aliphatic carbocycles. The van der Waals surface area contributed by atoms with E-state index < -0.39 is 0 Å². The van der Waals surface area contributed by atoms with Crippen LogP contribution in [-0.2, 0) is 4.74 Å². The van der Waals surface area contributed by atoms with Gasteiger partial charge in [-0.15, -0.1) is 0 Å². The first-order valence-corrected chi connectivity index (χ1v) is 4.93. The van der Waals surface area contributed by atoms with Gasteiger partial charge < -0.3 is 10.5 Å². The molecule has 0 aromatic heterocycles. The number of rotatable bonds is 2. The van der Waals surface area contributed by atoms with Crippen molar-refractivity contribution in [3.05, 3.63) is 0 Å². The van der Waals surface area contributed by atoms with Gasteiger partial charge >= 0.3 is 0 Å². The molecule has 3 atom stereocenters. The van der Waals surface area contributed by atoms with Gasteiger partial charge in [-0.3, -0.25) is 0 Å². The number of ether oxygens (including phenoxy) is 1. The Morgan fingerprint density at radius 2 is 2.00 bits per heavy atom. The fourth-order valence-electron chi connectivity index (χ4n) is 2.06. The normalized spacial score (nSPS) is 37.2. The molecule has 1 fully saturated rings. The second-order valence-corrected chi connectivity index (χ2v) is 4.26. The number of nitrogens with two attached hydrogens (primary N) is 1. The fourth-order valence-corrected chi connectivity index (χ4v) is 2.06. The minimum Gasteiger partial charge on any atom is -0.380 e. The van der Waals surface area contributed by atoms with Gasteiger partial charge in [-0.1, -0.05) is 13.8 Å². The van der Waals surface area contributed by atoms with Crippen LogP contribution in [0.25, 0.3) is 0 Å². The van der Waals surface area contributed by atoms with Crippen molar-refractivity contribution in [1.29, 1.82) is 0 Å². The van der Waals surface area contributed by atoms with Crippen LogP contribution in [0.2, 0.25) is 0 Å². The van der Waals surface area contributed by atoms with E-state index >= 15 is 0 Å². The molecule has 2 N–H and O–H groups in total. The smallest absolute Gasteiger partial charge is 0.0724 e. The van der Waals surface area contributed by atoms with Crippen LogP contribution in [0.15, 0.2) is 0 Å². The zero-order valence-electron chi connectivity index (χ0n) is 8.42. The summed E-state index contributed by atoms with van der Waals surface area (Å²) in [5, 5.41) is 0. The SMILES string of the molecule is COC1CC(C(C)C)CCC1N. The Balaban J connectivity index is 2.44. The molecule has 1 aliphatic rings. The monoisotopic (exact) mass is 171 g/mol. The number of hydrogen-bond acceptors (Lipinski definition) is 2. The molecular formula is C10H21NO. The van der Waals surface area contributed by atoms with Crippen molar-refractivity contribution in [2.45, 2.75) is 45.3 Å². The van der Waals surface area contributed by atoms with E-state index in [1.54, 1.807) is 7.11 Å². The zero-order chi connectivity index (χ0) is 9.14. The summed E-state index contributed by atoms with van der Waals surface area (Å²) in [7, 11) is 1.77. The summed E-state index contributed by atoms with van der Waals surface area (Å²) < 4.78 is 5.36. The maximum atomic E-state index is 5.93. The summed E-state index contributed by atoms with van der Waals surface area (Å²) in [6.45, 7) is 4.57. The summed E-state index contributed by atoms with van der Waals surface area (Å²) in [6, 6.07) is 0.269. The molecule has 0 aliphatic heterocycles. The summed E-state index contributed by atoms with van der Waals surface area (Å²) in [5.41, 5.74) is 5.93. The minimum atomic E-state index is 0.269. The van der Waals surface area contributed by atoms with Gasteiger partial charge in [0.1, 0.15) is 0 Å². The molecule has 0 spiro atoms. The first-order valence-electron chi connectivity index (χ1n) is 4.93. The van der Waals surface area contributed by atoms with Gasteiger partial charge in [-0.2, -0.15) is 0 Å². The quantitative estimate of drug-likeness (QED) is 0.687. The Morgan fingerprint density at radius 3 is 2.50 bits per heavy atom. The summed E-state index contributed by atoms with van der Waals surface area (Å²) in [4.78, 5) is 0. The Bertz CT molecular complexity index is 136. The number of methoxy groups -OCH3 is 1. The third kappa shape index (κ3) is 2.20. The van der Waals surface area contributed by atoms with Gasteiger partial charge in [0.2, 0.25) is 0 Å². The maximum absolute atomic E-state index is 5.93. The molecule has 0 bridgehead atoms. The van der Waals surface area contributed by atoms with Gasteiger partial charge in [-0.05, 0) is 31.1 Å². The third-order valence-electron chi connectivity index (χ3n) is 3.13. The van der Waals surface area contributed by atoms with Crippen molar-refractivity contribution in [1.82, 2.24) is 0 Å². The predicted molar refractivity (Wildman–Crippen MR) is 51.0 cm³/mol. The lowest BCUT2D eigenvalue weighted by Gasteiger charge is -2.35. The largest absolute Gasteiger partial charge is 0.380 e. The molecule has 2 heteroatoms. The van der Waals surface area contributed by atoms with Crippen molar-refractivity contribution >= 4 is 0 Å². The van der Waals surface area contributed by atoms with Crippen molar-refractivity contribution in [2.24, 2.45) is 17.6 Å². The molecular weight excluding hydrogens is 150 g/mol. The van der Waals surface area contributed by atoms with Crippen LogP contribution in [-0.4, -0.2) is 19.3 Å². The van der Waals surface area contributed by atoms with Crippen LogP contribution in [0.3, 0.4) is 0 Å². The summed E-state index contributed by atoms with van der Waals surface area (Å²) >= 11 is 0. The lowest BCUT2D eigenvalue weighted by Crippen LogP contribution is -2.42. The van der Waals surface area contributed by atoms with E-state index in [9.17, 15) is 0 Å². The van der Waals surface area contributed by atoms with Gasteiger partial charge in [0.15, 0.2) is 0 Å². The fraction of sp³-hybridized carbons (Fsp3) is 1.00. The van der Waals surface area contributed by atoms with Gasteiger partial charge in [0.25, 0.3) is 0 Å². The molecule has 0 heterocycles. The molecule has 3 unspecified atom stereocenters. The van der Waals surface area contributed by atoms with E-state index in [-0.39, 0.29) is 6.04 Å². The van der Waals surface area contributed by atoms with Gasteiger partial charge in [-0.25, -0.2) is 0 Å². The van der Waals surface area contributed by atoms with Crippen molar-refractivity contribution in [3.8, 4) is 0 Å². The average molecular weight is 171 g/mol. The highest BCUT2D eigenvalue weighted by atomic mass is 16.5. The minimum absolute atomic E-state index is 0.269. The molecule has 0 saturated heterocycles. The Labute approximate surface area is 75.5 Å². The summed E-state index contributed by atoms with van der Waals surface area (Å²) in [6.07, 6.45) is 3.85. The van der Waals surface area contributed by atoms with Crippen LogP contribution in [0.4, 0.5) is 0 Å². The van der Waals surface area contributed by atoms with Crippen LogP contribution in [0.1, 0.15) is 33.1 Å². The molecule has 0 radical (unpaired) electrons. The van der Waals surface area contributed by atoms with Gasteiger partial charge in [0.05, 0.1) is 6.10 Å². The van der Waals surface area contributed by atoms with E-state index in [1.165, 1.54) is 6.42 Å². The molecule has 0 aromatic carbocycles. The van der Waals surface area contributed by atoms with Crippen LogP contribution >= 0.6 is 0 Å². The Hall–Kier alpha value is -0.0800. The molecule has 0 aromatic rings. The van der Waals surface area contributed by atoms with Crippen molar-refractivity contribution in [2.75, 3.05) is 7.11 Å². The highest BCUT2D eigenvalue weighted by Gasteiger charge is 2.29. The lowest BCUT2D eigenvalue weighted by molar-refractivity contribution is 0.0255. The molecule has 1 rings (SSSR count). The van der Waals surface area contributed by atoms with E-state index in [0.29, 0.717) is 6.10 Å². The van der Waals surface area contributed by atoms with E-state index in [0.717, 1.165) is 24.7 Å². The molecule has 0 amide bonds. The van der Waals surface area contributed by atoms with E-state index in [1.807, 2.05) is 0 Å². The lowest BCUT2D eigenvalue weighted by atomic mass is 9.78. The summed E-state index contributed by atoms with van der Waals surface area (Å²) in [5.74, 6) is 1.59. The molecule has 2 nitrogen and oxygen atoms in total.